The highest BCUT2D eigenvalue weighted by Crippen LogP contribution is 2.03. The fourth-order valence-electron chi connectivity index (χ4n) is 1.61. The van der Waals surface area contributed by atoms with Crippen LogP contribution in [0.5, 0.6) is 0 Å². The molecule has 0 aliphatic carbocycles. The Morgan fingerprint density at radius 2 is 2.00 bits per heavy atom. The molecular weight excluding hydrogens is 258 g/mol. The molecule has 2 N–H and O–H groups in total. The summed E-state index contributed by atoms with van der Waals surface area (Å²) in [4.78, 5) is 12.6. The number of aryl methyl sites for hydroxylation is 2. The third kappa shape index (κ3) is 4.26. The fraction of sp³-hybridized carbons (Fsp3) is 0.231. The molecule has 0 fully saturated rings. The summed E-state index contributed by atoms with van der Waals surface area (Å²) in [6.07, 6.45) is 3.53. The van der Waals surface area contributed by atoms with Crippen LogP contribution in [0, 0.1) is 13.8 Å². The third-order valence-corrected chi connectivity index (χ3v) is 2.63. The molecule has 2 heterocycles. The van der Waals surface area contributed by atoms with Gasteiger partial charge >= 0.3 is 0 Å². The molecule has 98 valence electrons. The first-order chi connectivity index (χ1) is 9.13. The number of hydrogen-bond donors (Lipinski definition) is 2. The van der Waals surface area contributed by atoms with Crippen LogP contribution in [-0.4, -0.2) is 20.1 Å². The maximum absolute atomic E-state index is 5.20. The summed E-state index contributed by atoms with van der Waals surface area (Å²) in [5, 5.41) is 6.55. The van der Waals surface area contributed by atoms with E-state index in [-0.39, 0.29) is 0 Å². The Balaban J connectivity index is 1.91. The number of aromatic nitrogens is 3. The molecule has 0 atom stereocenters. The van der Waals surface area contributed by atoms with E-state index in [2.05, 4.69) is 25.6 Å². The summed E-state index contributed by atoms with van der Waals surface area (Å²) in [7, 11) is 0. The minimum atomic E-state index is 0.494. The van der Waals surface area contributed by atoms with Gasteiger partial charge in [-0.05, 0) is 43.8 Å². The predicted octanol–water partition coefficient (Wildman–Crippen LogP) is 1.98. The molecular formula is C13H15N5S. The van der Waals surface area contributed by atoms with Crippen LogP contribution in [0.4, 0.5) is 5.95 Å². The molecule has 5 nitrogen and oxygen atoms in total. The number of nitrogens with one attached hydrogen (secondary N) is 2. The first kappa shape index (κ1) is 13.4. The van der Waals surface area contributed by atoms with Crippen molar-refractivity contribution in [1.82, 2.24) is 20.3 Å². The van der Waals surface area contributed by atoms with Gasteiger partial charge in [0.15, 0.2) is 5.11 Å². The van der Waals surface area contributed by atoms with Gasteiger partial charge in [0.2, 0.25) is 5.95 Å². The van der Waals surface area contributed by atoms with E-state index in [0.29, 0.717) is 17.6 Å². The molecule has 0 saturated carbocycles. The SMILES string of the molecule is Cc1cc(C)nc(NC(=S)NCc2cccnc2)n1. The second-order valence-electron chi connectivity index (χ2n) is 4.14. The van der Waals surface area contributed by atoms with Gasteiger partial charge in [-0.15, -0.1) is 0 Å². The van der Waals surface area contributed by atoms with Crippen molar-refractivity contribution >= 4 is 23.3 Å². The topological polar surface area (TPSA) is 62.7 Å². The first-order valence-corrected chi connectivity index (χ1v) is 6.30. The van der Waals surface area contributed by atoms with Crippen LogP contribution in [0.2, 0.25) is 0 Å². The van der Waals surface area contributed by atoms with Gasteiger partial charge in [0.1, 0.15) is 0 Å². The second kappa shape index (κ2) is 6.19. The minimum Gasteiger partial charge on any atom is -0.358 e. The normalized spacial score (nSPS) is 10.0. The fourth-order valence-corrected chi connectivity index (χ4v) is 1.78. The van der Waals surface area contributed by atoms with Gasteiger partial charge in [-0.1, -0.05) is 6.07 Å². The van der Waals surface area contributed by atoms with Crippen molar-refractivity contribution < 1.29 is 0 Å². The molecule has 0 aliphatic heterocycles. The summed E-state index contributed by atoms with van der Waals surface area (Å²) in [5.74, 6) is 0.515. The number of anilines is 1. The third-order valence-electron chi connectivity index (χ3n) is 2.38. The van der Waals surface area contributed by atoms with E-state index >= 15 is 0 Å². The van der Waals surface area contributed by atoms with Crippen LogP contribution in [0.1, 0.15) is 17.0 Å². The average Bonchev–Trinajstić information content (AvgIpc) is 2.36. The molecule has 0 amide bonds. The van der Waals surface area contributed by atoms with Crippen LogP contribution in [-0.2, 0) is 6.54 Å². The molecule has 0 unspecified atom stereocenters. The lowest BCUT2D eigenvalue weighted by molar-refractivity contribution is 0.913. The lowest BCUT2D eigenvalue weighted by Crippen LogP contribution is -2.28. The van der Waals surface area contributed by atoms with Gasteiger partial charge < -0.3 is 10.6 Å². The minimum absolute atomic E-state index is 0.494. The molecule has 0 bridgehead atoms. The zero-order valence-electron chi connectivity index (χ0n) is 10.8. The molecule has 2 rings (SSSR count). The van der Waals surface area contributed by atoms with Crippen molar-refractivity contribution in [3.63, 3.8) is 0 Å². The van der Waals surface area contributed by atoms with Gasteiger partial charge in [-0.25, -0.2) is 9.97 Å². The highest BCUT2D eigenvalue weighted by atomic mass is 32.1. The summed E-state index contributed by atoms with van der Waals surface area (Å²) in [6, 6.07) is 5.79. The number of hydrogen-bond acceptors (Lipinski definition) is 4. The van der Waals surface area contributed by atoms with Gasteiger partial charge in [0.25, 0.3) is 0 Å². The molecule has 0 spiro atoms. The lowest BCUT2D eigenvalue weighted by atomic mass is 10.3. The van der Waals surface area contributed by atoms with Crippen molar-refractivity contribution in [2.45, 2.75) is 20.4 Å². The van der Waals surface area contributed by atoms with Crippen molar-refractivity contribution in [3.05, 3.63) is 47.5 Å². The summed E-state index contributed by atoms with van der Waals surface area (Å²) in [5.41, 5.74) is 2.88. The Morgan fingerprint density at radius 1 is 1.26 bits per heavy atom. The van der Waals surface area contributed by atoms with Crippen molar-refractivity contribution in [3.8, 4) is 0 Å². The number of pyridine rings is 1. The van der Waals surface area contributed by atoms with Crippen LogP contribution < -0.4 is 10.6 Å². The standard InChI is InChI=1S/C13H15N5S/c1-9-6-10(2)17-12(16-9)18-13(19)15-8-11-4-3-5-14-7-11/h3-7H,8H2,1-2H3,(H2,15,16,17,18,19). The molecule has 19 heavy (non-hydrogen) atoms. The maximum atomic E-state index is 5.20. The van der Waals surface area contributed by atoms with Gasteiger partial charge in [-0.2, -0.15) is 0 Å². The van der Waals surface area contributed by atoms with Crippen molar-refractivity contribution in [1.29, 1.82) is 0 Å². The monoisotopic (exact) mass is 273 g/mol. The van der Waals surface area contributed by atoms with Gasteiger partial charge in [0, 0.05) is 30.3 Å². The number of thiocarbonyl (C=S) groups is 1. The number of nitrogens with zero attached hydrogens (tertiary/aromatic N) is 3. The Bertz CT molecular complexity index is 550. The highest BCUT2D eigenvalue weighted by molar-refractivity contribution is 7.80. The van der Waals surface area contributed by atoms with E-state index in [0.717, 1.165) is 17.0 Å². The van der Waals surface area contributed by atoms with Crippen molar-refractivity contribution in [2.75, 3.05) is 5.32 Å². The maximum Gasteiger partial charge on any atom is 0.229 e. The average molecular weight is 273 g/mol. The van der Waals surface area contributed by atoms with E-state index in [1.807, 2.05) is 32.0 Å². The van der Waals surface area contributed by atoms with E-state index in [1.165, 1.54) is 0 Å². The molecule has 0 saturated heterocycles. The quantitative estimate of drug-likeness (QED) is 0.834. The smallest absolute Gasteiger partial charge is 0.229 e. The molecule has 2 aromatic rings. The molecule has 0 aromatic carbocycles. The largest absolute Gasteiger partial charge is 0.358 e. The van der Waals surface area contributed by atoms with Crippen molar-refractivity contribution in [2.24, 2.45) is 0 Å². The van der Waals surface area contributed by atoms with Crippen LogP contribution >= 0.6 is 12.2 Å². The molecule has 2 aromatic heterocycles. The van der Waals surface area contributed by atoms with E-state index in [4.69, 9.17) is 12.2 Å². The summed E-state index contributed by atoms with van der Waals surface area (Å²) >= 11 is 5.20. The zero-order valence-corrected chi connectivity index (χ0v) is 11.7. The van der Waals surface area contributed by atoms with E-state index < -0.39 is 0 Å². The Hall–Kier alpha value is -2.08. The van der Waals surface area contributed by atoms with Crippen LogP contribution in [0.15, 0.2) is 30.6 Å². The molecule has 0 radical (unpaired) electrons. The predicted molar refractivity (Wildman–Crippen MR) is 78.8 cm³/mol. The zero-order chi connectivity index (χ0) is 13.7. The molecule has 6 heteroatoms. The van der Waals surface area contributed by atoms with Crippen LogP contribution in [0.3, 0.4) is 0 Å². The van der Waals surface area contributed by atoms with Gasteiger partial charge in [0.05, 0.1) is 0 Å². The summed E-state index contributed by atoms with van der Waals surface area (Å²) < 4.78 is 0. The first-order valence-electron chi connectivity index (χ1n) is 5.89. The van der Waals surface area contributed by atoms with E-state index in [1.54, 1.807) is 12.4 Å². The Labute approximate surface area is 117 Å². The van der Waals surface area contributed by atoms with Gasteiger partial charge in [-0.3, -0.25) is 4.98 Å². The Morgan fingerprint density at radius 3 is 2.63 bits per heavy atom. The highest BCUT2D eigenvalue weighted by Gasteiger charge is 2.02. The van der Waals surface area contributed by atoms with Crippen LogP contribution in [0.25, 0.3) is 0 Å². The Kier molecular flexibility index (Phi) is 4.35. The second-order valence-corrected chi connectivity index (χ2v) is 4.55. The number of rotatable bonds is 3. The van der Waals surface area contributed by atoms with E-state index in [9.17, 15) is 0 Å². The molecule has 0 aliphatic rings. The lowest BCUT2D eigenvalue weighted by Gasteiger charge is -2.10. The summed E-state index contributed by atoms with van der Waals surface area (Å²) in [6.45, 7) is 4.46.